The Morgan fingerprint density at radius 3 is 2.62 bits per heavy atom. The van der Waals surface area contributed by atoms with Gasteiger partial charge in [-0.1, -0.05) is 19.9 Å². The van der Waals surface area contributed by atoms with Gasteiger partial charge in [0.15, 0.2) is 0 Å². The zero-order valence-corrected chi connectivity index (χ0v) is 15.5. The molecule has 0 saturated carbocycles. The molecule has 2 aromatic heterocycles. The molecule has 2 heterocycles. The van der Waals surface area contributed by atoms with Gasteiger partial charge in [-0.15, -0.1) is 11.3 Å². The molecule has 0 aliphatic rings. The molecule has 3 aromatic rings. The van der Waals surface area contributed by atoms with E-state index in [1.165, 1.54) is 0 Å². The van der Waals surface area contributed by atoms with Crippen molar-refractivity contribution in [3.8, 4) is 10.7 Å². The molecule has 1 N–H and O–H groups in total. The van der Waals surface area contributed by atoms with Crippen molar-refractivity contribution in [2.75, 3.05) is 11.0 Å². The normalized spacial score (nSPS) is 12.0. The molecule has 1 radical (unpaired) electrons. The van der Waals surface area contributed by atoms with E-state index < -0.39 is 10.0 Å². The highest BCUT2D eigenvalue weighted by molar-refractivity contribution is 7.92. The van der Waals surface area contributed by atoms with Crippen LogP contribution in [0.15, 0.2) is 23.6 Å². The van der Waals surface area contributed by atoms with Gasteiger partial charge in [0, 0.05) is 10.8 Å². The number of nitrogens with one attached hydrogen (secondary N) is 1. The first kappa shape index (κ1) is 16.9. The van der Waals surface area contributed by atoms with E-state index in [1.807, 2.05) is 24.4 Å². The molecule has 0 aliphatic carbocycles. The summed E-state index contributed by atoms with van der Waals surface area (Å²) in [5.41, 5.74) is 3.82. The quantitative estimate of drug-likeness (QED) is 0.764. The third-order valence-corrected chi connectivity index (χ3v) is 5.13. The maximum Gasteiger partial charge on any atom is 0.229 e. The molecule has 0 bridgehead atoms. The van der Waals surface area contributed by atoms with Gasteiger partial charge in [0.05, 0.1) is 23.2 Å². The zero-order valence-electron chi connectivity index (χ0n) is 13.9. The molecule has 0 aliphatic heterocycles. The van der Waals surface area contributed by atoms with Gasteiger partial charge in [0.1, 0.15) is 10.7 Å². The van der Waals surface area contributed by atoms with Crippen molar-refractivity contribution in [1.29, 1.82) is 0 Å². The van der Waals surface area contributed by atoms with Crippen molar-refractivity contribution >= 4 is 38.0 Å². The molecular formula is C17H18N3O2S2. The van der Waals surface area contributed by atoms with E-state index >= 15 is 0 Å². The van der Waals surface area contributed by atoms with Gasteiger partial charge in [-0.25, -0.2) is 18.4 Å². The van der Waals surface area contributed by atoms with Gasteiger partial charge in [0.25, 0.3) is 0 Å². The van der Waals surface area contributed by atoms with E-state index in [1.54, 1.807) is 17.4 Å². The number of aryl methyl sites for hydroxylation is 1. The summed E-state index contributed by atoms with van der Waals surface area (Å²) in [6.07, 6.45) is 1.13. The van der Waals surface area contributed by atoms with Crippen LogP contribution in [0.2, 0.25) is 0 Å². The molecule has 24 heavy (non-hydrogen) atoms. The predicted molar refractivity (Wildman–Crippen MR) is 99.0 cm³/mol. The van der Waals surface area contributed by atoms with Gasteiger partial charge in [-0.3, -0.25) is 4.72 Å². The third-order valence-electron chi connectivity index (χ3n) is 3.66. The van der Waals surface area contributed by atoms with Crippen molar-refractivity contribution in [3.05, 3.63) is 40.9 Å². The molecule has 7 heteroatoms. The lowest BCUT2D eigenvalue weighted by Crippen LogP contribution is -2.10. The van der Waals surface area contributed by atoms with Crippen LogP contribution in [0, 0.1) is 13.0 Å². The maximum atomic E-state index is 11.5. The van der Waals surface area contributed by atoms with E-state index in [2.05, 4.69) is 29.6 Å². The minimum Gasteiger partial charge on any atom is -0.283 e. The summed E-state index contributed by atoms with van der Waals surface area (Å²) in [6.45, 7) is 6.06. The van der Waals surface area contributed by atoms with Crippen LogP contribution in [0.25, 0.3) is 21.6 Å². The molecule has 0 unspecified atom stereocenters. The lowest BCUT2D eigenvalue weighted by Gasteiger charge is -2.10. The summed E-state index contributed by atoms with van der Waals surface area (Å²) in [5, 5.41) is 3.73. The number of nitrogens with zero attached hydrogens (tertiary/aromatic N) is 2. The van der Waals surface area contributed by atoms with E-state index in [0.29, 0.717) is 11.6 Å². The average molecular weight is 360 g/mol. The van der Waals surface area contributed by atoms with Gasteiger partial charge in [-0.05, 0) is 36.6 Å². The fraction of sp³-hybridized carbons (Fsp3) is 0.294. The lowest BCUT2D eigenvalue weighted by atomic mass is 10.1. The molecule has 0 spiro atoms. The number of thiazole rings is 1. The second-order valence-corrected chi connectivity index (χ2v) is 8.63. The molecule has 3 rings (SSSR count). The van der Waals surface area contributed by atoms with E-state index in [-0.39, 0.29) is 0 Å². The monoisotopic (exact) mass is 360 g/mol. The Labute approximate surface area is 145 Å². The fourth-order valence-electron chi connectivity index (χ4n) is 2.35. The molecule has 1 aromatic carbocycles. The van der Waals surface area contributed by atoms with Crippen LogP contribution in [0.3, 0.4) is 0 Å². The maximum absolute atomic E-state index is 11.5. The van der Waals surface area contributed by atoms with Crippen LogP contribution < -0.4 is 4.72 Å². The Morgan fingerprint density at radius 1 is 1.25 bits per heavy atom. The molecular weight excluding hydrogens is 342 g/mol. The number of benzene rings is 1. The number of rotatable bonds is 4. The zero-order chi connectivity index (χ0) is 17.5. The first-order valence-electron chi connectivity index (χ1n) is 7.50. The van der Waals surface area contributed by atoms with Crippen molar-refractivity contribution < 1.29 is 8.42 Å². The fourth-order valence-corrected chi connectivity index (χ4v) is 3.91. The van der Waals surface area contributed by atoms with Crippen LogP contribution in [0.4, 0.5) is 5.69 Å². The Bertz CT molecular complexity index is 1010. The van der Waals surface area contributed by atoms with Crippen molar-refractivity contribution in [3.63, 3.8) is 0 Å². The summed E-state index contributed by atoms with van der Waals surface area (Å²) in [7, 11) is -3.34. The second kappa shape index (κ2) is 6.14. The Morgan fingerprint density at radius 2 is 2.00 bits per heavy atom. The number of sulfonamides is 1. The Kier molecular flexibility index (Phi) is 4.31. The highest BCUT2D eigenvalue weighted by atomic mass is 32.2. The summed E-state index contributed by atoms with van der Waals surface area (Å²) in [4.78, 5) is 9.31. The summed E-state index contributed by atoms with van der Waals surface area (Å²) >= 11 is 1.55. The molecule has 0 amide bonds. The largest absolute Gasteiger partial charge is 0.283 e. The Balaban J connectivity index is 2.10. The predicted octanol–water partition coefficient (Wildman–Crippen LogP) is 3.96. The highest BCUT2D eigenvalue weighted by Crippen LogP contribution is 2.30. The van der Waals surface area contributed by atoms with Crippen LogP contribution in [0.5, 0.6) is 0 Å². The summed E-state index contributed by atoms with van der Waals surface area (Å²) in [6, 6.07) is 8.59. The summed E-state index contributed by atoms with van der Waals surface area (Å²) in [5.74, 6) is 0.367. The number of anilines is 1. The number of pyridine rings is 1. The summed E-state index contributed by atoms with van der Waals surface area (Å²) < 4.78 is 25.5. The molecule has 0 saturated heterocycles. The first-order chi connectivity index (χ1) is 11.2. The van der Waals surface area contributed by atoms with Crippen LogP contribution in [-0.4, -0.2) is 24.6 Å². The van der Waals surface area contributed by atoms with Gasteiger partial charge >= 0.3 is 0 Å². The number of fused-ring (bicyclic) bond motifs is 1. The standard InChI is InChI=1S/C17H18N3O2S2/c1-10(2)15-9-23-17(19-15)14-8-6-12-5-7-13(20-24(4,21)22)11(3)16(12)18-14/h5,7-10,20H,1-4H3. The molecule has 0 fully saturated rings. The SMILES string of the molecule is Cc1c(NS(C)(=O)=O)ccc2[c]cc(-c3nc(C(C)C)cs3)nc12. The number of hydrogen-bond acceptors (Lipinski definition) is 5. The average Bonchev–Trinajstić information content (AvgIpc) is 2.99. The lowest BCUT2D eigenvalue weighted by molar-refractivity contribution is 0.607. The van der Waals surface area contributed by atoms with Gasteiger partial charge in [0.2, 0.25) is 10.0 Å². The van der Waals surface area contributed by atoms with Crippen molar-refractivity contribution in [2.45, 2.75) is 26.7 Å². The van der Waals surface area contributed by atoms with Crippen LogP contribution in [-0.2, 0) is 10.0 Å². The molecule has 125 valence electrons. The molecule has 0 atom stereocenters. The van der Waals surface area contributed by atoms with E-state index in [4.69, 9.17) is 4.98 Å². The smallest absolute Gasteiger partial charge is 0.229 e. The minimum atomic E-state index is -3.34. The topological polar surface area (TPSA) is 72.0 Å². The van der Waals surface area contributed by atoms with Gasteiger partial charge < -0.3 is 0 Å². The van der Waals surface area contributed by atoms with E-state index in [0.717, 1.165) is 39.1 Å². The highest BCUT2D eigenvalue weighted by Gasteiger charge is 2.13. The number of hydrogen-bond donors (Lipinski definition) is 1. The molecule has 5 nitrogen and oxygen atoms in total. The van der Waals surface area contributed by atoms with Crippen LogP contribution in [0.1, 0.15) is 31.0 Å². The van der Waals surface area contributed by atoms with Crippen molar-refractivity contribution in [1.82, 2.24) is 9.97 Å². The second-order valence-electron chi connectivity index (χ2n) is 6.03. The number of aromatic nitrogens is 2. The van der Waals surface area contributed by atoms with Crippen molar-refractivity contribution in [2.24, 2.45) is 0 Å². The van der Waals surface area contributed by atoms with Crippen LogP contribution >= 0.6 is 11.3 Å². The van der Waals surface area contributed by atoms with Gasteiger partial charge in [-0.2, -0.15) is 0 Å². The van der Waals surface area contributed by atoms with E-state index in [9.17, 15) is 8.42 Å². The first-order valence-corrected chi connectivity index (χ1v) is 10.3. The minimum absolute atomic E-state index is 0.367. The third kappa shape index (κ3) is 3.42. The Hall–Kier alpha value is -1.99.